The number of hydrogen-bond acceptors (Lipinski definition) is 1. The second-order valence-corrected chi connectivity index (χ2v) is 5.50. The molecule has 0 unspecified atom stereocenters. The van der Waals surface area contributed by atoms with Crippen molar-refractivity contribution in [2.75, 3.05) is 0 Å². The van der Waals surface area contributed by atoms with E-state index >= 15 is 0 Å². The molecule has 0 aliphatic rings. The summed E-state index contributed by atoms with van der Waals surface area (Å²) in [4.78, 5) is 10.3. The van der Waals surface area contributed by atoms with Crippen LogP contribution in [-0.4, -0.2) is 11.1 Å². The SMILES string of the molecule is CC(C)CCCCCC/C=C/CCCCC(=O)O. The van der Waals surface area contributed by atoms with Crippen molar-refractivity contribution in [2.45, 2.75) is 78.1 Å². The molecule has 0 aromatic carbocycles. The normalized spacial score (nSPS) is 11.5. The third-order valence-electron chi connectivity index (χ3n) is 3.08. The summed E-state index contributed by atoms with van der Waals surface area (Å²) in [6, 6.07) is 0. The number of unbranched alkanes of at least 4 members (excludes halogenated alkanes) is 6. The molecule has 0 heterocycles. The van der Waals surface area contributed by atoms with E-state index in [4.69, 9.17) is 5.11 Å². The predicted molar refractivity (Wildman–Crippen MR) is 77.8 cm³/mol. The molecule has 18 heavy (non-hydrogen) atoms. The lowest BCUT2D eigenvalue weighted by atomic mass is 10.0. The van der Waals surface area contributed by atoms with Gasteiger partial charge in [-0.05, 0) is 38.0 Å². The lowest BCUT2D eigenvalue weighted by molar-refractivity contribution is -0.137. The highest BCUT2D eigenvalue weighted by Crippen LogP contribution is 2.11. The van der Waals surface area contributed by atoms with Crippen molar-refractivity contribution in [1.82, 2.24) is 0 Å². The molecule has 106 valence electrons. The molecule has 1 N–H and O–H groups in total. The van der Waals surface area contributed by atoms with Gasteiger partial charge in [-0.2, -0.15) is 0 Å². The number of carboxylic acid groups (broad SMARTS) is 1. The van der Waals surface area contributed by atoms with Crippen LogP contribution in [0, 0.1) is 5.92 Å². The van der Waals surface area contributed by atoms with Crippen molar-refractivity contribution in [1.29, 1.82) is 0 Å². The average Bonchev–Trinajstić information content (AvgIpc) is 2.29. The van der Waals surface area contributed by atoms with Gasteiger partial charge in [-0.25, -0.2) is 0 Å². The zero-order valence-electron chi connectivity index (χ0n) is 12.2. The van der Waals surface area contributed by atoms with Crippen LogP contribution in [0.15, 0.2) is 12.2 Å². The molecule has 0 aliphatic heterocycles. The molecular weight excluding hydrogens is 224 g/mol. The van der Waals surface area contributed by atoms with Crippen LogP contribution in [0.3, 0.4) is 0 Å². The van der Waals surface area contributed by atoms with Crippen molar-refractivity contribution in [3.63, 3.8) is 0 Å². The Morgan fingerprint density at radius 3 is 2.06 bits per heavy atom. The van der Waals surface area contributed by atoms with Crippen LogP contribution in [0.4, 0.5) is 0 Å². The fraction of sp³-hybridized carbons (Fsp3) is 0.812. The molecule has 0 spiro atoms. The van der Waals surface area contributed by atoms with Crippen molar-refractivity contribution in [3.8, 4) is 0 Å². The number of carbonyl (C=O) groups is 1. The van der Waals surface area contributed by atoms with E-state index in [-0.39, 0.29) is 0 Å². The molecule has 0 aromatic heterocycles. The fourth-order valence-electron chi connectivity index (χ4n) is 1.94. The van der Waals surface area contributed by atoms with Crippen LogP contribution >= 0.6 is 0 Å². The van der Waals surface area contributed by atoms with E-state index in [1.165, 1.54) is 38.5 Å². The third-order valence-corrected chi connectivity index (χ3v) is 3.08. The summed E-state index contributed by atoms with van der Waals surface area (Å²) in [6.45, 7) is 4.57. The van der Waals surface area contributed by atoms with E-state index in [1.807, 2.05) is 0 Å². The van der Waals surface area contributed by atoms with E-state index in [9.17, 15) is 4.79 Å². The van der Waals surface area contributed by atoms with Crippen LogP contribution < -0.4 is 0 Å². The summed E-state index contributed by atoms with van der Waals surface area (Å²) in [6.07, 6.45) is 15.5. The van der Waals surface area contributed by atoms with E-state index < -0.39 is 5.97 Å². The lowest BCUT2D eigenvalue weighted by Gasteiger charge is -2.03. The Labute approximate surface area is 112 Å². The second-order valence-electron chi connectivity index (χ2n) is 5.50. The number of rotatable bonds is 12. The molecule has 0 rings (SSSR count). The third kappa shape index (κ3) is 15.2. The van der Waals surface area contributed by atoms with Crippen molar-refractivity contribution < 1.29 is 9.90 Å². The molecule has 0 aromatic rings. The highest BCUT2D eigenvalue weighted by atomic mass is 16.4. The zero-order chi connectivity index (χ0) is 13.6. The van der Waals surface area contributed by atoms with Gasteiger partial charge in [0.2, 0.25) is 0 Å². The summed E-state index contributed by atoms with van der Waals surface area (Å²) < 4.78 is 0. The summed E-state index contributed by atoms with van der Waals surface area (Å²) in [7, 11) is 0. The average molecular weight is 254 g/mol. The molecule has 0 atom stereocenters. The van der Waals surface area contributed by atoms with E-state index in [0.29, 0.717) is 6.42 Å². The Kier molecular flexibility index (Phi) is 12.1. The van der Waals surface area contributed by atoms with Crippen LogP contribution in [0.25, 0.3) is 0 Å². The van der Waals surface area contributed by atoms with Crippen molar-refractivity contribution in [3.05, 3.63) is 12.2 Å². The first-order valence-electron chi connectivity index (χ1n) is 7.49. The molecule has 0 fully saturated rings. The monoisotopic (exact) mass is 254 g/mol. The molecule has 0 bridgehead atoms. The molecular formula is C16H30O2. The standard InChI is InChI=1S/C16H30O2/c1-15(2)13-11-9-7-5-3-4-6-8-10-12-14-16(17)18/h4,6,15H,3,5,7-14H2,1-2H3,(H,17,18)/b6-4+. The zero-order valence-corrected chi connectivity index (χ0v) is 12.2. The maximum absolute atomic E-state index is 10.3. The Hall–Kier alpha value is -0.790. The highest BCUT2D eigenvalue weighted by Gasteiger charge is 1.95. The largest absolute Gasteiger partial charge is 0.481 e. The minimum Gasteiger partial charge on any atom is -0.481 e. The number of aliphatic carboxylic acids is 1. The maximum Gasteiger partial charge on any atom is 0.303 e. The number of allylic oxidation sites excluding steroid dienone is 2. The molecule has 0 radical (unpaired) electrons. The van der Waals surface area contributed by atoms with Gasteiger partial charge in [0.15, 0.2) is 0 Å². The fourth-order valence-corrected chi connectivity index (χ4v) is 1.94. The Morgan fingerprint density at radius 1 is 0.944 bits per heavy atom. The Balaban J connectivity index is 3.11. The lowest BCUT2D eigenvalue weighted by Crippen LogP contribution is -1.92. The first-order valence-corrected chi connectivity index (χ1v) is 7.49. The molecule has 0 aliphatic carbocycles. The topological polar surface area (TPSA) is 37.3 Å². The van der Waals surface area contributed by atoms with Gasteiger partial charge in [0, 0.05) is 6.42 Å². The Bertz CT molecular complexity index is 219. The van der Waals surface area contributed by atoms with Crippen molar-refractivity contribution in [2.24, 2.45) is 5.92 Å². The number of hydrogen-bond donors (Lipinski definition) is 1. The molecule has 2 nitrogen and oxygen atoms in total. The summed E-state index contributed by atoms with van der Waals surface area (Å²) >= 11 is 0. The Morgan fingerprint density at radius 2 is 1.50 bits per heavy atom. The summed E-state index contributed by atoms with van der Waals surface area (Å²) in [5.74, 6) is 0.163. The molecule has 2 heteroatoms. The van der Waals surface area contributed by atoms with Gasteiger partial charge >= 0.3 is 5.97 Å². The maximum atomic E-state index is 10.3. The van der Waals surface area contributed by atoms with Crippen LogP contribution in [0.1, 0.15) is 78.1 Å². The van der Waals surface area contributed by atoms with Gasteiger partial charge in [0.05, 0.1) is 0 Å². The molecule has 0 amide bonds. The predicted octanol–water partition coefficient (Wildman–Crippen LogP) is 5.18. The van der Waals surface area contributed by atoms with Gasteiger partial charge in [0.1, 0.15) is 0 Å². The van der Waals surface area contributed by atoms with Gasteiger partial charge in [0.25, 0.3) is 0 Å². The van der Waals surface area contributed by atoms with E-state index in [2.05, 4.69) is 26.0 Å². The quantitative estimate of drug-likeness (QED) is 0.384. The first kappa shape index (κ1) is 17.2. The van der Waals surface area contributed by atoms with Crippen molar-refractivity contribution >= 4 is 5.97 Å². The molecule has 0 saturated heterocycles. The van der Waals surface area contributed by atoms with Crippen LogP contribution in [0.5, 0.6) is 0 Å². The highest BCUT2D eigenvalue weighted by molar-refractivity contribution is 5.66. The van der Waals surface area contributed by atoms with Gasteiger partial charge in [-0.3, -0.25) is 4.79 Å². The smallest absolute Gasteiger partial charge is 0.303 e. The van der Waals surface area contributed by atoms with Gasteiger partial charge in [-0.15, -0.1) is 0 Å². The first-order chi connectivity index (χ1) is 8.63. The van der Waals surface area contributed by atoms with Gasteiger partial charge in [-0.1, -0.05) is 51.7 Å². The minimum absolute atomic E-state index is 0.309. The minimum atomic E-state index is -0.680. The van der Waals surface area contributed by atoms with Gasteiger partial charge < -0.3 is 5.11 Å². The van der Waals surface area contributed by atoms with Crippen LogP contribution in [0.2, 0.25) is 0 Å². The van der Waals surface area contributed by atoms with E-state index in [1.54, 1.807) is 0 Å². The second kappa shape index (κ2) is 12.7. The summed E-state index contributed by atoms with van der Waals surface area (Å²) in [5.41, 5.74) is 0. The number of carboxylic acids is 1. The summed E-state index contributed by atoms with van der Waals surface area (Å²) in [5, 5.41) is 8.47. The van der Waals surface area contributed by atoms with Crippen LogP contribution in [-0.2, 0) is 4.79 Å². The molecule has 0 saturated carbocycles. The van der Waals surface area contributed by atoms with E-state index in [0.717, 1.165) is 25.2 Å².